The summed E-state index contributed by atoms with van der Waals surface area (Å²) in [6.07, 6.45) is 1.53. The zero-order valence-electron chi connectivity index (χ0n) is 9.89. The van der Waals surface area contributed by atoms with Crippen LogP contribution in [0.1, 0.15) is 10.4 Å². The summed E-state index contributed by atoms with van der Waals surface area (Å²) in [5.41, 5.74) is -0.0479. The van der Waals surface area contributed by atoms with Crippen LogP contribution in [0, 0.1) is 9.39 Å². The molecule has 0 fully saturated rings. The topological polar surface area (TPSA) is 48.3 Å². The largest absolute Gasteiger partial charge is 0.465 e. The number of aromatic nitrogens is 1. The Hall–Kier alpha value is -1.70. The summed E-state index contributed by atoms with van der Waals surface area (Å²) in [6, 6.07) is 7.04. The SMILES string of the molecule is COC(=O)c1c(I)ccn(-c2ccc(F)cc2)c1=O. The highest BCUT2D eigenvalue weighted by Crippen LogP contribution is 2.12. The standard InChI is InChI=1S/C13H9FINO3/c1-19-13(18)11-10(15)6-7-16(12(11)17)9-4-2-8(14)3-5-9/h2-7H,1H3. The van der Waals surface area contributed by atoms with E-state index in [0.29, 0.717) is 9.26 Å². The number of hydrogen-bond acceptors (Lipinski definition) is 3. The molecule has 0 aliphatic rings. The number of esters is 1. The first-order valence-electron chi connectivity index (χ1n) is 5.30. The van der Waals surface area contributed by atoms with Crippen molar-refractivity contribution in [1.29, 1.82) is 0 Å². The lowest BCUT2D eigenvalue weighted by Gasteiger charge is -2.08. The Morgan fingerprint density at radius 2 is 1.89 bits per heavy atom. The Bertz CT molecular complexity index is 679. The van der Waals surface area contributed by atoms with E-state index >= 15 is 0 Å². The van der Waals surface area contributed by atoms with E-state index in [9.17, 15) is 14.0 Å². The van der Waals surface area contributed by atoms with E-state index in [2.05, 4.69) is 4.74 Å². The number of benzene rings is 1. The van der Waals surface area contributed by atoms with E-state index in [1.165, 1.54) is 42.1 Å². The van der Waals surface area contributed by atoms with Gasteiger partial charge < -0.3 is 4.74 Å². The van der Waals surface area contributed by atoms with Gasteiger partial charge in [0.15, 0.2) is 0 Å². The molecule has 0 atom stereocenters. The number of nitrogens with zero attached hydrogens (tertiary/aromatic N) is 1. The number of rotatable bonds is 2. The van der Waals surface area contributed by atoms with Crippen molar-refractivity contribution in [3.8, 4) is 5.69 Å². The molecular formula is C13H9FINO3. The normalized spacial score (nSPS) is 10.3. The van der Waals surface area contributed by atoms with Gasteiger partial charge in [-0.2, -0.15) is 0 Å². The molecule has 0 N–H and O–H groups in total. The number of pyridine rings is 1. The highest BCUT2D eigenvalue weighted by molar-refractivity contribution is 14.1. The van der Waals surface area contributed by atoms with Gasteiger partial charge in [-0.15, -0.1) is 0 Å². The maximum atomic E-state index is 12.9. The molecule has 0 spiro atoms. The van der Waals surface area contributed by atoms with Gasteiger partial charge in [0.1, 0.15) is 11.4 Å². The Labute approximate surface area is 122 Å². The average molecular weight is 373 g/mol. The molecule has 1 aromatic carbocycles. The van der Waals surface area contributed by atoms with Gasteiger partial charge in [0.25, 0.3) is 5.56 Å². The van der Waals surface area contributed by atoms with E-state index in [-0.39, 0.29) is 5.56 Å². The molecule has 98 valence electrons. The van der Waals surface area contributed by atoms with Crippen LogP contribution in [0.4, 0.5) is 4.39 Å². The van der Waals surface area contributed by atoms with Gasteiger partial charge in [0, 0.05) is 15.5 Å². The number of ether oxygens (including phenoxy) is 1. The zero-order chi connectivity index (χ0) is 14.0. The molecule has 4 nitrogen and oxygen atoms in total. The maximum absolute atomic E-state index is 12.9. The van der Waals surface area contributed by atoms with Crippen molar-refractivity contribution in [2.45, 2.75) is 0 Å². The van der Waals surface area contributed by atoms with Crippen LogP contribution in [0.25, 0.3) is 5.69 Å². The van der Waals surface area contributed by atoms with E-state index in [1.807, 2.05) is 22.6 Å². The van der Waals surface area contributed by atoms with Crippen LogP contribution in [0.5, 0.6) is 0 Å². The first kappa shape index (κ1) is 13.7. The van der Waals surface area contributed by atoms with Crippen LogP contribution in [0.2, 0.25) is 0 Å². The summed E-state index contributed by atoms with van der Waals surface area (Å²) in [5, 5.41) is 0. The van der Waals surface area contributed by atoms with Crippen molar-refractivity contribution >= 4 is 28.6 Å². The minimum Gasteiger partial charge on any atom is -0.465 e. The molecule has 0 aliphatic carbocycles. The first-order valence-corrected chi connectivity index (χ1v) is 6.38. The van der Waals surface area contributed by atoms with Crippen LogP contribution in [0.3, 0.4) is 0 Å². The third-order valence-corrected chi connectivity index (χ3v) is 3.43. The van der Waals surface area contributed by atoms with E-state index < -0.39 is 17.3 Å². The van der Waals surface area contributed by atoms with E-state index in [0.717, 1.165) is 0 Å². The number of methoxy groups -OCH3 is 1. The second-order valence-electron chi connectivity index (χ2n) is 3.68. The minimum absolute atomic E-state index is 0.0325. The molecule has 0 radical (unpaired) electrons. The minimum atomic E-state index is -0.689. The van der Waals surface area contributed by atoms with Crippen LogP contribution in [0.15, 0.2) is 41.3 Å². The lowest BCUT2D eigenvalue weighted by molar-refractivity contribution is 0.0597. The van der Waals surface area contributed by atoms with Gasteiger partial charge in [-0.1, -0.05) is 0 Å². The lowest BCUT2D eigenvalue weighted by atomic mass is 10.2. The molecule has 0 saturated carbocycles. The van der Waals surface area contributed by atoms with Crippen molar-refractivity contribution in [1.82, 2.24) is 4.57 Å². The molecule has 0 amide bonds. The van der Waals surface area contributed by atoms with Gasteiger partial charge >= 0.3 is 5.97 Å². The average Bonchev–Trinajstić information content (AvgIpc) is 2.40. The molecule has 0 bridgehead atoms. The Morgan fingerprint density at radius 3 is 2.47 bits per heavy atom. The van der Waals surface area contributed by atoms with Gasteiger partial charge in [-0.3, -0.25) is 9.36 Å². The van der Waals surface area contributed by atoms with Crippen molar-refractivity contribution < 1.29 is 13.9 Å². The maximum Gasteiger partial charge on any atom is 0.344 e. The van der Waals surface area contributed by atoms with Gasteiger partial charge in [-0.25, -0.2) is 9.18 Å². The second-order valence-corrected chi connectivity index (χ2v) is 4.84. The van der Waals surface area contributed by atoms with E-state index in [1.54, 1.807) is 6.07 Å². The van der Waals surface area contributed by atoms with Gasteiger partial charge in [0.2, 0.25) is 0 Å². The summed E-state index contributed by atoms with van der Waals surface area (Å²) in [7, 11) is 1.22. The summed E-state index contributed by atoms with van der Waals surface area (Å²) in [4.78, 5) is 23.8. The van der Waals surface area contributed by atoms with E-state index in [4.69, 9.17) is 0 Å². The molecule has 2 aromatic rings. The summed E-state index contributed by atoms with van der Waals surface area (Å²) in [5.74, 6) is -1.08. The van der Waals surface area contributed by atoms with Gasteiger partial charge in [-0.05, 0) is 52.9 Å². The molecule has 0 aliphatic heterocycles. The molecule has 6 heteroatoms. The summed E-state index contributed by atoms with van der Waals surface area (Å²) in [6.45, 7) is 0. The highest BCUT2D eigenvalue weighted by atomic mass is 127. The van der Waals surface area contributed by atoms with Crippen molar-refractivity contribution in [3.63, 3.8) is 0 Å². The second kappa shape index (κ2) is 5.52. The molecule has 1 heterocycles. The molecule has 0 unspecified atom stereocenters. The van der Waals surface area contributed by atoms with Crippen LogP contribution in [-0.4, -0.2) is 17.6 Å². The van der Waals surface area contributed by atoms with Crippen LogP contribution in [-0.2, 0) is 4.74 Å². The van der Waals surface area contributed by atoms with Crippen molar-refractivity contribution in [2.75, 3.05) is 7.11 Å². The molecule has 0 saturated heterocycles. The van der Waals surface area contributed by atoms with Crippen LogP contribution < -0.4 is 5.56 Å². The zero-order valence-corrected chi connectivity index (χ0v) is 12.0. The third-order valence-electron chi connectivity index (χ3n) is 2.54. The Kier molecular flexibility index (Phi) is 3.98. The first-order chi connectivity index (χ1) is 9.04. The Morgan fingerprint density at radius 1 is 1.26 bits per heavy atom. The monoisotopic (exact) mass is 373 g/mol. The summed E-state index contributed by atoms with van der Waals surface area (Å²) >= 11 is 1.89. The van der Waals surface area contributed by atoms with Crippen molar-refractivity contribution in [2.24, 2.45) is 0 Å². The number of carbonyl (C=O) groups excluding carboxylic acids is 1. The Balaban J connectivity index is 2.63. The fourth-order valence-corrected chi connectivity index (χ4v) is 2.22. The predicted octanol–water partition coefficient (Wildman–Crippen LogP) is 2.37. The number of halogens is 2. The molecule has 19 heavy (non-hydrogen) atoms. The van der Waals surface area contributed by atoms with Crippen molar-refractivity contribution in [3.05, 3.63) is 61.8 Å². The molecular weight excluding hydrogens is 364 g/mol. The quantitative estimate of drug-likeness (QED) is 0.600. The smallest absolute Gasteiger partial charge is 0.344 e. The third kappa shape index (κ3) is 2.67. The fourth-order valence-electron chi connectivity index (χ4n) is 1.61. The summed E-state index contributed by atoms with van der Waals surface area (Å²) < 4.78 is 19.2. The number of carbonyl (C=O) groups is 1. The predicted molar refractivity (Wildman–Crippen MR) is 76.1 cm³/mol. The molecule has 1 aromatic heterocycles. The number of hydrogen-bond donors (Lipinski definition) is 0. The molecule has 2 rings (SSSR count). The fraction of sp³-hybridized carbons (Fsp3) is 0.0769. The highest BCUT2D eigenvalue weighted by Gasteiger charge is 2.17. The lowest BCUT2D eigenvalue weighted by Crippen LogP contribution is -2.26. The van der Waals surface area contributed by atoms with Crippen LogP contribution >= 0.6 is 22.6 Å². The van der Waals surface area contributed by atoms with Gasteiger partial charge in [0.05, 0.1) is 7.11 Å².